The van der Waals surface area contributed by atoms with Crippen molar-refractivity contribution < 1.29 is 4.79 Å². The molecular formula is C15H21N3O2. The lowest BCUT2D eigenvalue weighted by molar-refractivity contribution is -0.122. The molecule has 1 N–H and O–H groups in total. The highest BCUT2D eigenvalue weighted by molar-refractivity contribution is 5.76. The van der Waals surface area contributed by atoms with Crippen molar-refractivity contribution in [1.82, 2.24) is 9.88 Å². The third kappa shape index (κ3) is 5.27. The first-order valence-electron chi connectivity index (χ1n) is 6.96. The van der Waals surface area contributed by atoms with Gasteiger partial charge >= 0.3 is 0 Å². The predicted molar refractivity (Wildman–Crippen MR) is 77.2 cm³/mol. The highest BCUT2D eigenvalue weighted by Gasteiger charge is 2.09. The van der Waals surface area contributed by atoms with Crippen LogP contribution in [-0.4, -0.2) is 16.5 Å². The maximum absolute atomic E-state index is 11.9. The molecule has 108 valence electrons. The minimum Gasteiger partial charge on any atom is -0.352 e. The number of carbonyl (C=O) groups is 1. The summed E-state index contributed by atoms with van der Waals surface area (Å²) in [4.78, 5) is 23.4. The number of rotatable bonds is 7. The Bertz CT molecular complexity index is 543. The molecule has 1 amide bonds. The number of amides is 1. The highest BCUT2D eigenvalue weighted by atomic mass is 16.2. The van der Waals surface area contributed by atoms with Gasteiger partial charge < -0.3 is 9.88 Å². The third-order valence-corrected chi connectivity index (χ3v) is 3.07. The maximum atomic E-state index is 11.9. The van der Waals surface area contributed by atoms with Crippen LogP contribution in [0, 0.1) is 11.3 Å². The van der Waals surface area contributed by atoms with Gasteiger partial charge in [-0.15, -0.1) is 0 Å². The Labute approximate surface area is 119 Å². The fourth-order valence-corrected chi connectivity index (χ4v) is 1.97. The monoisotopic (exact) mass is 275 g/mol. The fraction of sp³-hybridized carbons (Fsp3) is 0.533. The van der Waals surface area contributed by atoms with E-state index >= 15 is 0 Å². The van der Waals surface area contributed by atoms with Crippen LogP contribution in [0.4, 0.5) is 0 Å². The summed E-state index contributed by atoms with van der Waals surface area (Å²) in [6.45, 7) is 4.05. The van der Waals surface area contributed by atoms with E-state index in [4.69, 9.17) is 5.26 Å². The van der Waals surface area contributed by atoms with Crippen molar-refractivity contribution in [2.75, 3.05) is 0 Å². The molecule has 0 bridgehead atoms. The number of nitrogens with zero attached hydrogens (tertiary/aromatic N) is 2. The standard InChI is InChI=1S/C15H21N3O2/c1-3-4-5-6-12(2)17-14(19)11-18-10-13(9-16)7-8-15(18)20/h7-8,10,12H,3-6,11H2,1-2H3,(H,17,19)/t12-/m1/s1. The van der Waals surface area contributed by atoms with Crippen LogP contribution in [0.2, 0.25) is 0 Å². The Morgan fingerprint density at radius 2 is 2.20 bits per heavy atom. The van der Waals surface area contributed by atoms with Gasteiger partial charge in [0, 0.05) is 18.3 Å². The Kier molecular flexibility index (Phi) is 6.51. The number of carbonyl (C=O) groups excluding carboxylic acids is 1. The SMILES string of the molecule is CCCCC[C@@H](C)NC(=O)Cn1cc(C#N)ccc1=O. The lowest BCUT2D eigenvalue weighted by atomic mass is 10.1. The first-order chi connectivity index (χ1) is 9.56. The Morgan fingerprint density at radius 1 is 1.45 bits per heavy atom. The zero-order valence-electron chi connectivity index (χ0n) is 12.1. The number of pyridine rings is 1. The second kappa shape index (κ2) is 8.16. The number of unbranched alkanes of at least 4 members (excludes halogenated alkanes) is 2. The lowest BCUT2D eigenvalue weighted by Crippen LogP contribution is -2.37. The summed E-state index contributed by atoms with van der Waals surface area (Å²) >= 11 is 0. The summed E-state index contributed by atoms with van der Waals surface area (Å²) < 4.78 is 1.26. The molecular weight excluding hydrogens is 254 g/mol. The van der Waals surface area contributed by atoms with E-state index in [1.807, 2.05) is 13.0 Å². The van der Waals surface area contributed by atoms with Gasteiger partial charge in [0.05, 0.1) is 5.56 Å². The summed E-state index contributed by atoms with van der Waals surface area (Å²) in [6.07, 6.45) is 5.74. The van der Waals surface area contributed by atoms with Crippen molar-refractivity contribution in [3.8, 4) is 6.07 Å². The second-order valence-electron chi connectivity index (χ2n) is 4.96. The number of aromatic nitrogens is 1. The van der Waals surface area contributed by atoms with Crippen LogP contribution < -0.4 is 10.9 Å². The van der Waals surface area contributed by atoms with Crippen LogP contribution in [-0.2, 0) is 11.3 Å². The van der Waals surface area contributed by atoms with Gasteiger partial charge in [-0.1, -0.05) is 26.2 Å². The molecule has 1 aromatic heterocycles. The first-order valence-corrected chi connectivity index (χ1v) is 6.96. The smallest absolute Gasteiger partial charge is 0.251 e. The van der Waals surface area contributed by atoms with Crippen LogP contribution in [0.5, 0.6) is 0 Å². The van der Waals surface area contributed by atoms with E-state index in [0.29, 0.717) is 5.56 Å². The molecule has 0 aliphatic rings. The molecule has 1 rings (SSSR count). The van der Waals surface area contributed by atoms with Gasteiger partial charge in [-0.2, -0.15) is 5.26 Å². The van der Waals surface area contributed by atoms with Gasteiger partial charge in [0.1, 0.15) is 12.6 Å². The molecule has 0 aromatic carbocycles. The molecule has 5 nitrogen and oxygen atoms in total. The summed E-state index contributed by atoms with van der Waals surface area (Å²) in [5.74, 6) is -0.203. The van der Waals surface area contributed by atoms with Crippen molar-refractivity contribution >= 4 is 5.91 Å². The molecule has 1 aromatic rings. The molecule has 1 heterocycles. The quantitative estimate of drug-likeness (QED) is 0.771. The molecule has 5 heteroatoms. The molecule has 1 atom stereocenters. The average molecular weight is 275 g/mol. The van der Waals surface area contributed by atoms with Crippen LogP contribution in [0.3, 0.4) is 0 Å². The minimum atomic E-state index is -0.280. The van der Waals surface area contributed by atoms with Crippen LogP contribution in [0.15, 0.2) is 23.1 Å². The van der Waals surface area contributed by atoms with E-state index in [9.17, 15) is 9.59 Å². The predicted octanol–water partition coefficient (Wildman–Crippen LogP) is 1.80. The van der Waals surface area contributed by atoms with Crippen LogP contribution in [0.25, 0.3) is 0 Å². The van der Waals surface area contributed by atoms with E-state index in [1.54, 1.807) is 0 Å². The summed E-state index contributed by atoms with van der Waals surface area (Å²) in [7, 11) is 0. The van der Waals surface area contributed by atoms with Crippen molar-refractivity contribution in [1.29, 1.82) is 5.26 Å². The normalized spacial score (nSPS) is 11.7. The Hall–Kier alpha value is -2.09. The lowest BCUT2D eigenvalue weighted by Gasteiger charge is -2.14. The van der Waals surface area contributed by atoms with Gasteiger partial charge in [0.2, 0.25) is 5.91 Å². The number of nitriles is 1. The molecule has 0 saturated carbocycles. The zero-order chi connectivity index (χ0) is 15.0. The summed E-state index contributed by atoms with van der Waals surface area (Å²) in [6, 6.07) is 4.80. The van der Waals surface area contributed by atoms with Crippen molar-refractivity contribution in [2.24, 2.45) is 0 Å². The van der Waals surface area contributed by atoms with Crippen LogP contribution >= 0.6 is 0 Å². The van der Waals surface area contributed by atoms with Gasteiger partial charge in [-0.25, -0.2) is 0 Å². The molecule has 0 spiro atoms. The van der Waals surface area contributed by atoms with E-state index in [2.05, 4.69) is 12.2 Å². The molecule has 20 heavy (non-hydrogen) atoms. The van der Waals surface area contributed by atoms with Crippen molar-refractivity contribution in [3.05, 3.63) is 34.2 Å². The second-order valence-corrected chi connectivity index (χ2v) is 4.96. The van der Waals surface area contributed by atoms with E-state index in [-0.39, 0.29) is 24.1 Å². The number of nitrogens with one attached hydrogen (secondary N) is 1. The van der Waals surface area contributed by atoms with E-state index in [0.717, 1.165) is 25.7 Å². The Balaban J connectivity index is 2.54. The molecule has 0 saturated heterocycles. The molecule has 0 aliphatic heterocycles. The number of hydrogen-bond donors (Lipinski definition) is 1. The summed E-state index contributed by atoms with van der Waals surface area (Å²) in [5, 5.41) is 11.7. The largest absolute Gasteiger partial charge is 0.352 e. The van der Waals surface area contributed by atoms with Crippen molar-refractivity contribution in [2.45, 2.75) is 52.1 Å². The number of hydrogen-bond acceptors (Lipinski definition) is 3. The van der Waals surface area contributed by atoms with Gasteiger partial charge in [0.25, 0.3) is 5.56 Å². The van der Waals surface area contributed by atoms with E-state index < -0.39 is 0 Å². The first kappa shape index (κ1) is 16.0. The zero-order valence-corrected chi connectivity index (χ0v) is 12.1. The fourth-order valence-electron chi connectivity index (χ4n) is 1.97. The van der Waals surface area contributed by atoms with Gasteiger partial charge in [-0.05, 0) is 19.4 Å². The minimum absolute atomic E-state index is 0.0491. The van der Waals surface area contributed by atoms with E-state index in [1.165, 1.54) is 22.9 Å². The highest BCUT2D eigenvalue weighted by Crippen LogP contribution is 2.02. The van der Waals surface area contributed by atoms with Crippen molar-refractivity contribution in [3.63, 3.8) is 0 Å². The Morgan fingerprint density at radius 3 is 2.85 bits per heavy atom. The maximum Gasteiger partial charge on any atom is 0.251 e. The van der Waals surface area contributed by atoms with Gasteiger partial charge in [0.15, 0.2) is 0 Å². The van der Waals surface area contributed by atoms with Gasteiger partial charge in [-0.3, -0.25) is 9.59 Å². The average Bonchev–Trinajstić information content (AvgIpc) is 2.41. The molecule has 0 radical (unpaired) electrons. The topological polar surface area (TPSA) is 74.9 Å². The summed E-state index contributed by atoms with van der Waals surface area (Å²) in [5.41, 5.74) is 0.0891. The molecule has 0 unspecified atom stereocenters. The van der Waals surface area contributed by atoms with Crippen LogP contribution in [0.1, 0.15) is 45.1 Å². The third-order valence-electron chi connectivity index (χ3n) is 3.07. The molecule has 0 fully saturated rings. The molecule has 0 aliphatic carbocycles.